The molecule has 0 saturated carbocycles. The summed E-state index contributed by atoms with van der Waals surface area (Å²) in [5.41, 5.74) is 0.551. The number of fused-ring (bicyclic) bond motifs is 2. The number of carbonyl (C=O) groups excluding carboxylic acids is 1. The average Bonchev–Trinajstić information content (AvgIpc) is 2.89. The van der Waals surface area contributed by atoms with Gasteiger partial charge in [0.05, 0.1) is 12.1 Å². The normalized spacial score (nSPS) is 16.9. The molecule has 2 atom stereocenters. The van der Waals surface area contributed by atoms with E-state index in [-0.39, 0.29) is 28.5 Å². The van der Waals surface area contributed by atoms with Gasteiger partial charge in [0.2, 0.25) is 0 Å². The third-order valence-corrected chi connectivity index (χ3v) is 6.30. The zero-order valence-electron chi connectivity index (χ0n) is 19.8. The van der Waals surface area contributed by atoms with Gasteiger partial charge in [-0.25, -0.2) is 8.78 Å². The van der Waals surface area contributed by atoms with Crippen LogP contribution in [0.5, 0.6) is 11.5 Å². The molecule has 0 aliphatic carbocycles. The summed E-state index contributed by atoms with van der Waals surface area (Å²) >= 11 is 0. The number of ether oxygens (including phenoxy) is 2. The van der Waals surface area contributed by atoms with Gasteiger partial charge in [-0.2, -0.15) is 17.6 Å². The number of rotatable bonds is 6. The second-order valence-electron chi connectivity index (χ2n) is 8.94. The first-order chi connectivity index (χ1) is 18.4. The largest absolute Gasteiger partial charge is 0.507 e. The van der Waals surface area contributed by atoms with Crippen LogP contribution >= 0.6 is 0 Å². The van der Waals surface area contributed by atoms with Crippen LogP contribution in [0, 0.1) is 11.6 Å². The Bertz CT molecular complexity index is 1540. The molecule has 4 aromatic rings. The lowest BCUT2D eigenvalue weighted by Crippen LogP contribution is -2.52. The van der Waals surface area contributed by atoms with Crippen LogP contribution < -0.4 is 14.8 Å². The van der Waals surface area contributed by atoms with Crippen LogP contribution in [0.1, 0.15) is 27.6 Å². The summed E-state index contributed by atoms with van der Waals surface area (Å²) in [6.07, 6.45) is -11.4. The molecule has 4 aromatic carbocycles. The Morgan fingerprint density at radius 1 is 0.821 bits per heavy atom. The number of alkyl halides is 4. The number of carbonyl (C=O) groups is 1. The van der Waals surface area contributed by atoms with Crippen LogP contribution in [0.2, 0.25) is 0 Å². The van der Waals surface area contributed by atoms with E-state index in [0.717, 1.165) is 30.3 Å². The molecule has 0 fully saturated rings. The number of benzene rings is 4. The van der Waals surface area contributed by atoms with E-state index in [1.165, 1.54) is 30.3 Å². The SMILES string of the molecule is O=C(NC(Cc1ccc2c(c1)OC(F)(F)C(F)(F)O2)C(O)c1ccc(F)cc1)c1ccc(F)c2ccccc12. The molecule has 0 spiro atoms. The summed E-state index contributed by atoms with van der Waals surface area (Å²) in [7, 11) is 0. The number of amides is 1. The highest BCUT2D eigenvalue weighted by Crippen LogP contribution is 2.47. The first-order valence-electron chi connectivity index (χ1n) is 11.6. The number of halogens is 6. The van der Waals surface area contributed by atoms with Crippen LogP contribution in [0.4, 0.5) is 26.3 Å². The quantitative estimate of drug-likeness (QED) is 0.284. The molecular formula is C28H19F6NO4. The monoisotopic (exact) mass is 547 g/mol. The summed E-state index contributed by atoms with van der Waals surface area (Å²) in [5.74, 6) is -3.06. The predicted molar refractivity (Wildman–Crippen MR) is 128 cm³/mol. The first-order valence-corrected chi connectivity index (χ1v) is 11.6. The van der Waals surface area contributed by atoms with E-state index in [1.807, 2.05) is 0 Å². The summed E-state index contributed by atoms with van der Waals surface area (Å²) in [5, 5.41) is 14.3. The van der Waals surface area contributed by atoms with Gasteiger partial charge in [-0.15, -0.1) is 0 Å². The Labute approximate surface area is 217 Å². The smallest absolute Gasteiger partial charge is 0.421 e. The van der Waals surface area contributed by atoms with Gasteiger partial charge in [-0.3, -0.25) is 4.79 Å². The topological polar surface area (TPSA) is 67.8 Å². The van der Waals surface area contributed by atoms with Crippen molar-refractivity contribution in [1.29, 1.82) is 0 Å². The van der Waals surface area contributed by atoms with E-state index < -0.39 is 53.4 Å². The maximum atomic E-state index is 14.3. The van der Waals surface area contributed by atoms with Gasteiger partial charge in [0.15, 0.2) is 11.5 Å². The van der Waals surface area contributed by atoms with Crippen molar-refractivity contribution in [2.75, 3.05) is 0 Å². The van der Waals surface area contributed by atoms with Gasteiger partial charge < -0.3 is 19.9 Å². The molecule has 11 heteroatoms. The molecule has 1 heterocycles. The minimum Gasteiger partial charge on any atom is -0.421 e. The van der Waals surface area contributed by atoms with Gasteiger partial charge >= 0.3 is 12.2 Å². The fraction of sp³-hybridized carbons (Fsp3) is 0.179. The Hall–Kier alpha value is -4.25. The molecule has 0 aromatic heterocycles. The third kappa shape index (κ3) is 5.09. The number of hydrogen-bond donors (Lipinski definition) is 2. The van der Waals surface area contributed by atoms with Crippen molar-refractivity contribution in [2.45, 2.75) is 30.8 Å². The van der Waals surface area contributed by atoms with Crippen LogP contribution in [0.15, 0.2) is 78.9 Å². The van der Waals surface area contributed by atoms with Crippen LogP contribution in [0.3, 0.4) is 0 Å². The second-order valence-corrected chi connectivity index (χ2v) is 8.94. The number of aliphatic hydroxyl groups excluding tert-OH is 1. The van der Waals surface area contributed by atoms with Crippen LogP contribution in [-0.2, 0) is 6.42 Å². The molecule has 0 saturated heterocycles. The maximum absolute atomic E-state index is 14.3. The lowest BCUT2D eigenvalue weighted by molar-refractivity contribution is -0.391. The van der Waals surface area contributed by atoms with Gasteiger partial charge in [0.25, 0.3) is 5.91 Å². The van der Waals surface area contributed by atoms with Gasteiger partial charge in [0, 0.05) is 10.9 Å². The Morgan fingerprint density at radius 2 is 1.46 bits per heavy atom. The van der Waals surface area contributed by atoms with Crippen molar-refractivity contribution in [3.63, 3.8) is 0 Å². The van der Waals surface area contributed by atoms with E-state index in [0.29, 0.717) is 5.39 Å². The number of aliphatic hydroxyl groups is 1. The molecule has 0 bridgehead atoms. The zero-order chi connectivity index (χ0) is 27.9. The highest BCUT2D eigenvalue weighted by Gasteiger charge is 2.65. The van der Waals surface area contributed by atoms with Crippen molar-refractivity contribution >= 4 is 16.7 Å². The third-order valence-electron chi connectivity index (χ3n) is 6.30. The Kier molecular flexibility index (Phi) is 6.63. The second kappa shape index (κ2) is 9.81. The fourth-order valence-electron chi connectivity index (χ4n) is 4.33. The van der Waals surface area contributed by atoms with Crippen molar-refractivity contribution in [1.82, 2.24) is 5.32 Å². The number of nitrogens with one attached hydrogen (secondary N) is 1. The minimum absolute atomic E-state index is 0.104. The lowest BCUT2D eigenvalue weighted by atomic mass is 9.95. The summed E-state index contributed by atoms with van der Waals surface area (Å²) < 4.78 is 90.5. The molecular weight excluding hydrogens is 528 g/mol. The Balaban J connectivity index is 1.48. The van der Waals surface area contributed by atoms with Crippen LogP contribution in [-0.4, -0.2) is 29.3 Å². The molecule has 2 N–H and O–H groups in total. The van der Waals surface area contributed by atoms with E-state index in [4.69, 9.17) is 0 Å². The predicted octanol–water partition coefficient (Wildman–Crippen LogP) is 6.15. The molecule has 1 aliphatic heterocycles. The first kappa shape index (κ1) is 26.4. The summed E-state index contributed by atoms with van der Waals surface area (Å²) in [4.78, 5) is 13.3. The minimum atomic E-state index is -4.93. The molecule has 5 rings (SSSR count). The molecule has 202 valence electrons. The molecule has 1 amide bonds. The summed E-state index contributed by atoms with van der Waals surface area (Å²) in [6.45, 7) is 0. The molecule has 0 radical (unpaired) electrons. The van der Waals surface area contributed by atoms with E-state index in [1.54, 1.807) is 18.2 Å². The van der Waals surface area contributed by atoms with E-state index in [2.05, 4.69) is 14.8 Å². The molecule has 2 unspecified atom stereocenters. The lowest BCUT2D eigenvalue weighted by Gasteiger charge is -2.32. The van der Waals surface area contributed by atoms with Gasteiger partial charge in [0.1, 0.15) is 11.6 Å². The molecule has 5 nitrogen and oxygen atoms in total. The van der Waals surface area contributed by atoms with Gasteiger partial charge in [-0.05, 0) is 59.3 Å². The highest BCUT2D eigenvalue weighted by molar-refractivity contribution is 6.07. The fourth-order valence-corrected chi connectivity index (χ4v) is 4.33. The summed E-state index contributed by atoms with van der Waals surface area (Å²) in [6, 6.07) is 15.7. The maximum Gasteiger partial charge on any atom is 0.507 e. The molecule has 1 aliphatic rings. The molecule has 39 heavy (non-hydrogen) atoms. The van der Waals surface area contributed by atoms with Crippen LogP contribution in [0.25, 0.3) is 10.8 Å². The highest BCUT2D eigenvalue weighted by atomic mass is 19.3. The number of hydrogen-bond acceptors (Lipinski definition) is 4. The zero-order valence-corrected chi connectivity index (χ0v) is 19.8. The van der Waals surface area contributed by atoms with Crippen molar-refractivity contribution in [3.8, 4) is 11.5 Å². The van der Waals surface area contributed by atoms with Gasteiger partial charge in [-0.1, -0.05) is 42.5 Å². The van der Waals surface area contributed by atoms with Crippen molar-refractivity contribution < 1.29 is 45.7 Å². The average molecular weight is 547 g/mol. The Morgan fingerprint density at radius 3 is 2.15 bits per heavy atom. The van der Waals surface area contributed by atoms with E-state index in [9.17, 15) is 36.2 Å². The van der Waals surface area contributed by atoms with Crippen molar-refractivity contribution in [3.05, 3.63) is 107 Å². The van der Waals surface area contributed by atoms with Crippen molar-refractivity contribution in [2.24, 2.45) is 0 Å². The van der Waals surface area contributed by atoms with E-state index >= 15 is 0 Å². The standard InChI is InChI=1S/C28H19F6NO4/c29-17-8-6-16(7-9-17)25(36)22(35-26(37)20-10-11-21(30)19-4-2-1-3-18(19)20)13-15-5-12-23-24(14-15)39-28(33,34)27(31,32)38-23/h1-12,14,22,25,36H,13H2,(H,35,37).